The third-order valence-corrected chi connectivity index (χ3v) is 2.62. The summed E-state index contributed by atoms with van der Waals surface area (Å²) in [6, 6.07) is 0. The van der Waals surface area contributed by atoms with E-state index >= 15 is 0 Å². The number of hydrogen-bond donors (Lipinski definition) is 0. The Morgan fingerprint density at radius 1 is 1.70 bits per heavy atom. The molecule has 0 saturated carbocycles. The lowest BCUT2D eigenvalue weighted by molar-refractivity contribution is 0.0191. The van der Waals surface area contributed by atoms with Gasteiger partial charge in [0.05, 0.1) is 0 Å². The van der Waals surface area contributed by atoms with E-state index in [4.69, 9.17) is 4.74 Å². The van der Waals surface area contributed by atoms with E-state index in [0.29, 0.717) is 5.92 Å². The van der Waals surface area contributed by atoms with Gasteiger partial charge in [-0.15, -0.1) is 0 Å². The molecule has 0 amide bonds. The lowest BCUT2D eigenvalue weighted by Gasteiger charge is -2.33. The maximum absolute atomic E-state index is 5.38. The first-order valence-electron chi connectivity index (χ1n) is 3.95. The monoisotopic (exact) mass is 141 g/mol. The van der Waals surface area contributed by atoms with Gasteiger partial charge in [-0.2, -0.15) is 0 Å². The van der Waals surface area contributed by atoms with E-state index in [2.05, 4.69) is 28.6 Å². The van der Waals surface area contributed by atoms with Gasteiger partial charge in [0.25, 0.3) is 0 Å². The fraction of sp³-hybridized carbons (Fsp3) is 0.875. The third-order valence-electron chi connectivity index (χ3n) is 2.62. The molecule has 0 rings (SSSR count). The van der Waals surface area contributed by atoms with E-state index in [0.717, 1.165) is 12.8 Å². The fourth-order valence-corrected chi connectivity index (χ4v) is 0.981. The zero-order valence-corrected chi connectivity index (χ0v) is 7.61. The largest absolute Gasteiger partial charge is 0.387 e. The first-order valence-corrected chi connectivity index (χ1v) is 3.95. The first kappa shape index (κ1) is 10.0. The van der Waals surface area contributed by atoms with Crippen molar-refractivity contribution < 1.29 is 4.74 Å². The van der Waals surface area contributed by atoms with Crippen LogP contribution in [0.15, 0.2) is 0 Å². The summed E-state index contributed by atoms with van der Waals surface area (Å²) in [5.41, 5.74) is -0.0191. The molecule has 2 unspecified atom stereocenters. The Balaban J connectivity index is 4.02. The van der Waals surface area contributed by atoms with Crippen molar-refractivity contribution in [2.24, 2.45) is 5.92 Å². The van der Waals surface area contributed by atoms with Gasteiger partial charge in [-0.25, -0.2) is 0 Å². The average Bonchev–Trinajstić information content (AvgIpc) is 2.01. The molecule has 0 N–H and O–H groups in total. The number of hydrogen-bond acceptors (Lipinski definition) is 1. The van der Waals surface area contributed by atoms with Crippen molar-refractivity contribution >= 4 is 7.85 Å². The van der Waals surface area contributed by atoms with Crippen LogP contribution in [-0.4, -0.2) is 20.5 Å². The van der Waals surface area contributed by atoms with Crippen molar-refractivity contribution in [3.05, 3.63) is 6.92 Å². The summed E-state index contributed by atoms with van der Waals surface area (Å²) in [7, 11) is 3.88. The van der Waals surface area contributed by atoms with Crippen LogP contribution in [0.25, 0.3) is 0 Å². The lowest BCUT2D eigenvalue weighted by Crippen LogP contribution is -2.38. The third kappa shape index (κ3) is 2.01. The van der Waals surface area contributed by atoms with Gasteiger partial charge in [-0.3, -0.25) is 0 Å². The van der Waals surface area contributed by atoms with Gasteiger partial charge in [-0.1, -0.05) is 27.2 Å². The van der Waals surface area contributed by atoms with Crippen LogP contribution in [0.3, 0.4) is 0 Å². The zero-order valence-electron chi connectivity index (χ0n) is 7.61. The van der Waals surface area contributed by atoms with Gasteiger partial charge in [0.2, 0.25) is 0 Å². The Morgan fingerprint density at radius 2 is 2.20 bits per heavy atom. The molecule has 0 spiro atoms. The smallest absolute Gasteiger partial charge is 0.143 e. The highest BCUT2D eigenvalue weighted by atomic mass is 16.5. The Bertz CT molecular complexity index is 89.3. The maximum atomic E-state index is 5.38. The van der Waals surface area contributed by atoms with Gasteiger partial charge in [0.15, 0.2) is 0 Å². The van der Waals surface area contributed by atoms with Gasteiger partial charge in [0.1, 0.15) is 7.85 Å². The van der Waals surface area contributed by atoms with Crippen LogP contribution < -0.4 is 0 Å². The second kappa shape index (κ2) is 4.02. The van der Waals surface area contributed by atoms with E-state index in [1.807, 2.05) is 0 Å². The molecule has 0 fully saturated rings. The molecule has 0 aromatic heterocycles. The van der Waals surface area contributed by atoms with E-state index in [9.17, 15) is 0 Å². The van der Waals surface area contributed by atoms with Crippen LogP contribution in [0.5, 0.6) is 0 Å². The number of ether oxygens (including phenoxy) is 1. The minimum atomic E-state index is -0.0191. The molecule has 0 saturated heterocycles. The van der Waals surface area contributed by atoms with Crippen LogP contribution in [0.2, 0.25) is 0 Å². The van der Waals surface area contributed by atoms with E-state index < -0.39 is 0 Å². The average molecular weight is 141 g/mol. The van der Waals surface area contributed by atoms with Crippen molar-refractivity contribution in [3.8, 4) is 0 Å². The molecule has 2 heteroatoms. The van der Waals surface area contributed by atoms with Crippen molar-refractivity contribution in [2.75, 3.05) is 7.11 Å². The summed E-state index contributed by atoms with van der Waals surface area (Å²) >= 11 is 0. The molecule has 0 bridgehead atoms. The minimum Gasteiger partial charge on any atom is -0.387 e. The fourth-order valence-electron chi connectivity index (χ4n) is 0.981. The molecule has 0 aliphatic heterocycles. The Hall–Kier alpha value is 0.0249. The molecular formula is C8H18BO. The second-order valence-corrected chi connectivity index (χ2v) is 3.08. The maximum Gasteiger partial charge on any atom is 0.143 e. The molecule has 0 aromatic rings. The van der Waals surface area contributed by atoms with Gasteiger partial charge < -0.3 is 4.74 Å². The molecule has 10 heavy (non-hydrogen) atoms. The SMILES string of the molecule is BC(C[CH2])(OC)C(C)CC. The van der Waals surface area contributed by atoms with Crippen LogP contribution in [0, 0.1) is 12.8 Å². The number of rotatable bonds is 4. The first-order chi connectivity index (χ1) is 4.60. The van der Waals surface area contributed by atoms with Crippen molar-refractivity contribution in [3.63, 3.8) is 0 Å². The zero-order chi connectivity index (χ0) is 8.20. The summed E-state index contributed by atoms with van der Waals surface area (Å²) in [6.45, 7) is 8.25. The van der Waals surface area contributed by atoms with Crippen molar-refractivity contribution in [1.29, 1.82) is 0 Å². The lowest BCUT2D eigenvalue weighted by atomic mass is 9.69. The summed E-state index contributed by atoms with van der Waals surface area (Å²) in [5, 5.41) is 0. The molecule has 1 nitrogen and oxygen atoms in total. The Morgan fingerprint density at radius 3 is 2.30 bits per heavy atom. The Kier molecular flexibility index (Phi) is 4.03. The highest BCUT2D eigenvalue weighted by molar-refractivity contribution is 6.14. The second-order valence-electron chi connectivity index (χ2n) is 3.08. The van der Waals surface area contributed by atoms with E-state index in [-0.39, 0.29) is 5.50 Å². The van der Waals surface area contributed by atoms with E-state index in [1.54, 1.807) is 7.11 Å². The molecule has 2 atom stereocenters. The highest BCUT2D eigenvalue weighted by Crippen LogP contribution is 2.23. The molecule has 0 aliphatic rings. The topological polar surface area (TPSA) is 9.23 Å². The molecule has 0 aliphatic carbocycles. The predicted molar refractivity (Wildman–Crippen MR) is 47.7 cm³/mol. The summed E-state index contributed by atoms with van der Waals surface area (Å²) in [6.07, 6.45) is 2.00. The standard InChI is InChI=1S/C8H18BO/c1-5-7(3)8(9,6-2)10-4/h7H,2,5-6,9H2,1,3-4H3. The molecule has 0 aromatic carbocycles. The predicted octanol–water partition coefficient (Wildman–Crippen LogP) is 1.23. The van der Waals surface area contributed by atoms with Crippen LogP contribution in [-0.2, 0) is 4.74 Å². The van der Waals surface area contributed by atoms with Crippen molar-refractivity contribution in [2.45, 2.75) is 32.2 Å². The van der Waals surface area contributed by atoms with Crippen LogP contribution >= 0.6 is 0 Å². The molecule has 1 radical (unpaired) electrons. The summed E-state index contributed by atoms with van der Waals surface area (Å²) in [4.78, 5) is 0. The van der Waals surface area contributed by atoms with Crippen molar-refractivity contribution in [1.82, 2.24) is 0 Å². The van der Waals surface area contributed by atoms with Crippen LogP contribution in [0.1, 0.15) is 26.7 Å². The summed E-state index contributed by atoms with van der Waals surface area (Å²) in [5.74, 6) is 0.593. The molecule has 59 valence electrons. The van der Waals surface area contributed by atoms with E-state index in [1.165, 1.54) is 0 Å². The van der Waals surface area contributed by atoms with Gasteiger partial charge in [0, 0.05) is 12.6 Å². The quantitative estimate of drug-likeness (QED) is 0.535. The number of methoxy groups -OCH3 is 1. The van der Waals surface area contributed by atoms with Gasteiger partial charge >= 0.3 is 0 Å². The highest BCUT2D eigenvalue weighted by Gasteiger charge is 2.26. The minimum absolute atomic E-state index is 0.0191. The van der Waals surface area contributed by atoms with Crippen LogP contribution in [0.4, 0.5) is 0 Å². The molecule has 0 heterocycles. The van der Waals surface area contributed by atoms with Gasteiger partial charge in [-0.05, 0) is 12.3 Å². The normalized spacial score (nSPS) is 20.0. The molecular weight excluding hydrogens is 123 g/mol. The Labute approximate surface area is 65.6 Å². The summed E-state index contributed by atoms with van der Waals surface area (Å²) < 4.78 is 5.38.